The van der Waals surface area contributed by atoms with Gasteiger partial charge in [0.15, 0.2) is 0 Å². The van der Waals surface area contributed by atoms with Crippen LogP contribution in [0, 0.1) is 13.8 Å². The zero-order valence-electron chi connectivity index (χ0n) is 12.4. The molecule has 0 aliphatic heterocycles. The van der Waals surface area contributed by atoms with E-state index in [2.05, 4.69) is 4.72 Å². The highest BCUT2D eigenvalue weighted by atomic mass is 32.2. The lowest BCUT2D eigenvalue weighted by molar-refractivity contribution is 0.0292. The minimum atomic E-state index is -3.62. The molecule has 0 aliphatic rings. The third-order valence-electron chi connectivity index (χ3n) is 3.12. The Morgan fingerprint density at radius 2 is 2.00 bits per heavy atom. The van der Waals surface area contributed by atoms with Gasteiger partial charge in [0.2, 0.25) is 10.0 Å². The lowest BCUT2D eigenvalue weighted by Gasteiger charge is -2.23. The molecule has 2 N–H and O–H groups in total. The maximum Gasteiger partial charge on any atom is 0.240 e. The molecule has 1 rings (SSSR count). The number of aliphatic hydroxyl groups is 1. The van der Waals surface area contributed by atoms with Crippen molar-refractivity contribution in [2.45, 2.75) is 37.7 Å². The second-order valence-corrected chi connectivity index (χ2v) is 7.07. The molecule has 0 heterocycles. The maximum atomic E-state index is 12.3. The number of nitrogens with one attached hydrogen (secondary N) is 1. The Bertz CT molecular complexity index is 552. The number of hydrogen-bond acceptors (Lipinski definition) is 4. The molecule has 0 bridgehead atoms. The third kappa shape index (κ3) is 4.86. The van der Waals surface area contributed by atoms with Gasteiger partial charge in [-0.2, -0.15) is 0 Å². The number of benzene rings is 1. The average molecular weight is 301 g/mol. The quantitative estimate of drug-likeness (QED) is 0.797. The van der Waals surface area contributed by atoms with Crippen LogP contribution in [0.4, 0.5) is 0 Å². The first-order valence-electron chi connectivity index (χ1n) is 6.46. The number of methoxy groups -OCH3 is 1. The number of sulfonamides is 1. The lowest BCUT2D eigenvalue weighted by Crippen LogP contribution is -2.41. The number of ether oxygens (including phenoxy) is 1. The van der Waals surface area contributed by atoms with Gasteiger partial charge in [0, 0.05) is 26.7 Å². The van der Waals surface area contributed by atoms with Gasteiger partial charge >= 0.3 is 0 Å². The molecule has 114 valence electrons. The van der Waals surface area contributed by atoms with E-state index >= 15 is 0 Å². The minimum absolute atomic E-state index is 0.0495. The zero-order valence-corrected chi connectivity index (χ0v) is 13.3. The summed E-state index contributed by atoms with van der Waals surface area (Å²) in [6.07, 6.45) is 0.360. The molecule has 6 heteroatoms. The summed E-state index contributed by atoms with van der Waals surface area (Å²) in [5, 5.41) is 10.1. The molecule has 0 fully saturated rings. The summed E-state index contributed by atoms with van der Waals surface area (Å²) in [5.74, 6) is 0. The van der Waals surface area contributed by atoms with E-state index in [-0.39, 0.29) is 11.4 Å². The van der Waals surface area contributed by atoms with E-state index in [0.717, 1.165) is 5.56 Å². The summed E-state index contributed by atoms with van der Waals surface area (Å²) in [5.41, 5.74) is 0.419. The van der Waals surface area contributed by atoms with Crippen molar-refractivity contribution in [2.75, 3.05) is 20.3 Å². The molecular formula is C14H23NO4S. The Hall–Kier alpha value is -0.950. The highest BCUT2D eigenvalue weighted by molar-refractivity contribution is 7.89. The largest absolute Gasteiger partial charge is 0.389 e. The molecule has 0 spiro atoms. The van der Waals surface area contributed by atoms with Gasteiger partial charge < -0.3 is 9.84 Å². The first-order valence-corrected chi connectivity index (χ1v) is 7.94. The van der Waals surface area contributed by atoms with Gasteiger partial charge in [-0.25, -0.2) is 13.1 Å². The van der Waals surface area contributed by atoms with E-state index in [1.165, 1.54) is 7.11 Å². The van der Waals surface area contributed by atoms with E-state index in [0.29, 0.717) is 18.6 Å². The van der Waals surface area contributed by atoms with Crippen LogP contribution >= 0.6 is 0 Å². The van der Waals surface area contributed by atoms with Crippen LogP contribution in [0.3, 0.4) is 0 Å². The molecule has 1 aromatic rings. The highest BCUT2D eigenvalue weighted by Crippen LogP contribution is 2.17. The summed E-state index contributed by atoms with van der Waals surface area (Å²) in [4.78, 5) is 0.250. The van der Waals surface area contributed by atoms with Crippen LogP contribution < -0.4 is 4.72 Å². The van der Waals surface area contributed by atoms with Crippen LogP contribution in [0.2, 0.25) is 0 Å². The van der Waals surface area contributed by atoms with E-state index < -0.39 is 15.6 Å². The van der Waals surface area contributed by atoms with Crippen LogP contribution in [0.1, 0.15) is 24.5 Å². The van der Waals surface area contributed by atoms with Crippen LogP contribution in [0.5, 0.6) is 0 Å². The van der Waals surface area contributed by atoms with Crippen molar-refractivity contribution in [1.29, 1.82) is 0 Å². The molecule has 0 amide bonds. The van der Waals surface area contributed by atoms with E-state index in [4.69, 9.17) is 4.74 Å². The Kier molecular flexibility index (Phi) is 5.70. The van der Waals surface area contributed by atoms with Crippen molar-refractivity contribution < 1.29 is 18.3 Å². The molecule has 0 saturated heterocycles. The van der Waals surface area contributed by atoms with Crippen LogP contribution in [-0.4, -0.2) is 39.4 Å². The van der Waals surface area contributed by atoms with Crippen molar-refractivity contribution in [3.63, 3.8) is 0 Å². The number of aryl methyl sites for hydroxylation is 2. The fourth-order valence-electron chi connectivity index (χ4n) is 1.74. The molecule has 1 unspecified atom stereocenters. The molecule has 1 aromatic carbocycles. The minimum Gasteiger partial charge on any atom is -0.389 e. The Balaban J connectivity index is 2.83. The van der Waals surface area contributed by atoms with Gasteiger partial charge in [-0.3, -0.25) is 0 Å². The molecule has 20 heavy (non-hydrogen) atoms. The first kappa shape index (κ1) is 17.1. The van der Waals surface area contributed by atoms with E-state index in [1.54, 1.807) is 26.0 Å². The predicted molar refractivity (Wildman–Crippen MR) is 78.2 cm³/mol. The standard InChI is InChI=1S/C14H23NO4S/c1-11-5-6-12(2)13(9-11)20(17,18)15-10-14(3,16)7-8-19-4/h5-6,9,15-16H,7-8,10H2,1-4H3. The Morgan fingerprint density at radius 1 is 1.35 bits per heavy atom. The molecule has 0 aromatic heterocycles. The van der Waals surface area contributed by atoms with Gasteiger partial charge in [0.1, 0.15) is 0 Å². The SMILES string of the molecule is COCCC(C)(O)CNS(=O)(=O)c1cc(C)ccc1C. The van der Waals surface area contributed by atoms with Crippen LogP contribution in [0.15, 0.2) is 23.1 Å². The zero-order chi connectivity index (χ0) is 15.4. The molecule has 1 atom stereocenters. The van der Waals surface area contributed by atoms with Crippen molar-refractivity contribution in [1.82, 2.24) is 4.72 Å². The van der Waals surface area contributed by atoms with Gasteiger partial charge in [-0.05, 0) is 38.0 Å². The smallest absolute Gasteiger partial charge is 0.240 e. The highest BCUT2D eigenvalue weighted by Gasteiger charge is 2.24. The predicted octanol–water partition coefficient (Wildman–Crippen LogP) is 1.37. The summed E-state index contributed by atoms with van der Waals surface area (Å²) in [6, 6.07) is 5.26. The normalized spacial score (nSPS) is 15.1. The van der Waals surface area contributed by atoms with Gasteiger partial charge in [0.05, 0.1) is 10.5 Å². The monoisotopic (exact) mass is 301 g/mol. The number of rotatable bonds is 7. The summed E-state index contributed by atoms with van der Waals surface area (Å²) < 4.78 is 31.9. The van der Waals surface area contributed by atoms with Crippen molar-refractivity contribution >= 4 is 10.0 Å². The van der Waals surface area contributed by atoms with Crippen LogP contribution in [0.25, 0.3) is 0 Å². The summed E-state index contributed by atoms with van der Waals surface area (Å²) >= 11 is 0. The fourth-order valence-corrected chi connectivity index (χ4v) is 3.22. The van der Waals surface area contributed by atoms with Crippen LogP contribution in [-0.2, 0) is 14.8 Å². The third-order valence-corrected chi connectivity index (χ3v) is 4.66. The van der Waals surface area contributed by atoms with Gasteiger partial charge in [-0.1, -0.05) is 12.1 Å². The van der Waals surface area contributed by atoms with Crippen molar-refractivity contribution in [3.05, 3.63) is 29.3 Å². The lowest BCUT2D eigenvalue weighted by atomic mass is 10.0. The second-order valence-electron chi connectivity index (χ2n) is 5.33. The molecule has 0 saturated carbocycles. The van der Waals surface area contributed by atoms with E-state index in [9.17, 15) is 13.5 Å². The van der Waals surface area contributed by atoms with Gasteiger partial charge in [0.25, 0.3) is 0 Å². The van der Waals surface area contributed by atoms with E-state index in [1.807, 2.05) is 13.0 Å². The second kappa shape index (κ2) is 6.67. The summed E-state index contributed by atoms with van der Waals surface area (Å²) in [7, 11) is -2.08. The van der Waals surface area contributed by atoms with Crippen molar-refractivity contribution in [2.24, 2.45) is 0 Å². The average Bonchev–Trinajstić information content (AvgIpc) is 2.37. The molecular weight excluding hydrogens is 278 g/mol. The Labute approximate surface area is 121 Å². The molecule has 5 nitrogen and oxygen atoms in total. The first-order chi connectivity index (χ1) is 9.18. The topological polar surface area (TPSA) is 75.6 Å². The van der Waals surface area contributed by atoms with Crippen molar-refractivity contribution in [3.8, 4) is 0 Å². The maximum absolute atomic E-state index is 12.3. The van der Waals surface area contributed by atoms with Gasteiger partial charge in [-0.15, -0.1) is 0 Å². The molecule has 0 aliphatic carbocycles. The number of hydrogen-bond donors (Lipinski definition) is 2. The summed E-state index contributed by atoms with van der Waals surface area (Å²) in [6.45, 7) is 5.49. The fraction of sp³-hybridized carbons (Fsp3) is 0.571. The Morgan fingerprint density at radius 3 is 2.60 bits per heavy atom. The molecule has 0 radical (unpaired) electrons.